The van der Waals surface area contributed by atoms with E-state index in [-0.39, 0.29) is 0 Å². The molecule has 0 heterocycles. The van der Waals surface area contributed by atoms with E-state index in [0.29, 0.717) is 17.5 Å². The zero-order valence-electron chi connectivity index (χ0n) is 4.45. The Morgan fingerprint density at radius 2 is 2.38 bits per heavy atom. The molecule has 0 radical (unpaired) electrons. The summed E-state index contributed by atoms with van der Waals surface area (Å²) in [5.74, 6) is 0. The molecule has 2 rings (SSSR count). The summed E-state index contributed by atoms with van der Waals surface area (Å²) >= 11 is 2.82. The molecule has 1 unspecified atom stereocenters. The van der Waals surface area contributed by atoms with Gasteiger partial charge in [-0.25, -0.2) is 0 Å². The molecular weight excluding hydrogens is 328 g/mol. The monoisotopic (exact) mass is 336 g/mol. The molecule has 1 nitrogen and oxygen atoms in total. The first-order chi connectivity index (χ1) is 3.87. The van der Waals surface area contributed by atoms with Crippen molar-refractivity contribution in [1.29, 1.82) is 0 Å². The quantitative estimate of drug-likeness (QED) is 0.477. The van der Waals surface area contributed by atoms with Gasteiger partial charge in [0.15, 0.2) is 0 Å². The Labute approximate surface area is 69.8 Å². The summed E-state index contributed by atoms with van der Waals surface area (Å²) in [5.41, 5.74) is 0.880. The van der Waals surface area contributed by atoms with Gasteiger partial charge in [-0.05, 0) is 0 Å². The Bertz CT molecular complexity index is 111. The molecule has 1 atom stereocenters. The third kappa shape index (κ3) is 0.901. The van der Waals surface area contributed by atoms with Crippen molar-refractivity contribution < 1.29 is 17.5 Å². The van der Waals surface area contributed by atoms with Crippen LogP contribution in [-0.2, 0) is 0 Å². The molecule has 2 aliphatic carbocycles. The average molecular weight is 336 g/mol. The van der Waals surface area contributed by atoms with E-state index in [1.807, 2.05) is 0 Å². The molecule has 2 aliphatic rings. The van der Waals surface area contributed by atoms with Crippen LogP contribution in [0.3, 0.4) is 0 Å². The molecule has 48 valence electrons. The fraction of sp³-hybridized carbons (Fsp3) is 1.00. The van der Waals surface area contributed by atoms with Crippen LogP contribution in [0.15, 0.2) is 0 Å². The average Bonchev–Trinajstić information content (AvgIpc) is 2.57. The van der Waals surface area contributed by atoms with Crippen LogP contribution in [0.1, 0.15) is 19.3 Å². The third-order valence-corrected chi connectivity index (χ3v) is 4.82. The van der Waals surface area contributed by atoms with E-state index in [2.05, 4.69) is 22.1 Å². The normalized spacial score (nSPS) is 38.4. The van der Waals surface area contributed by atoms with Crippen LogP contribution in [0.2, 0.25) is 0 Å². The summed E-state index contributed by atoms with van der Waals surface area (Å²) in [6.07, 6.45) is 4.53. The molecule has 0 saturated heterocycles. The van der Waals surface area contributed by atoms with Crippen LogP contribution >= 0.6 is 18.6 Å². The topological polar surface area (TPSA) is 12.0 Å². The van der Waals surface area contributed by atoms with Gasteiger partial charge >= 0.3 is 70.4 Å². The van der Waals surface area contributed by atoms with Crippen molar-refractivity contribution in [3.8, 4) is 0 Å². The van der Waals surface area contributed by atoms with E-state index in [1.165, 1.54) is 19.3 Å². The fourth-order valence-corrected chi connectivity index (χ4v) is 4.34. The van der Waals surface area contributed by atoms with Crippen molar-refractivity contribution in [3.63, 3.8) is 0 Å². The van der Waals surface area contributed by atoms with Gasteiger partial charge in [0.2, 0.25) is 0 Å². The van der Waals surface area contributed by atoms with Crippen LogP contribution in [0.4, 0.5) is 0 Å². The molecule has 0 aromatic heterocycles. The van der Waals surface area contributed by atoms with Gasteiger partial charge in [-0.15, -0.1) is 0 Å². The SMILES string of the molecule is I[I-]NC1CC12CC2. The van der Waals surface area contributed by atoms with Crippen molar-refractivity contribution >= 4 is 18.6 Å². The van der Waals surface area contributed by atoms with Crippen molar-refractivity contribution in [2.75, 3.05) is 0 Å². The number of halogens is 2. The molecule has 0 bridgehead atoms. The van der Waals surface area contributed by atoms with E-state index in [1.54, 1.807) is 0 Å². The summed E-state index contributed by atoms with van der Waals surface area (Å²) in [7, 11) is 0. The van der Waals surface area contributed by atoms with Gasteiger partial charge in [0.25, 0.3) is 0 Å². The van der Waals surface area contributed by atoms with E-state index in [9.17, 15) is 0 Å². The maximum atomic E-state index is 3.57. The zero-order valence-corrected chi connectivity index (χ0v) is 8.77. The first-order valence-corrected chi connectivity index (χ1v) is 10.2. The first kappa shape index (κ1) is 6.15. The first-order valence-electron chi connectivity index (χ1n) is 2.88. The second-order valence-corrected chi connectivity index (χ2v) is 6.57. The molecule has 0 aromatic carbocycles. The summed E-state index contributed by atoms with van der Waals surface area (Å²) in [4.78, 5) is 0. The Hall–Kier alpha value is 1.42. The van der Waals surface area contributed by atoms with Gasteiger partial charge in [0.1, 0.15) is 0 Å². The molecule has 3 heteroatoms. The Balaban J connectivity index is 1.80. The van der Waals surface area contributed by atoms with Crippen molar-refractivity contribution in [2.24, 2.45) is 5.41 Å². The summed E-state index contributed by atoms with van der Waals surface area (Å²) in [6, 6.07) is 0.965. The van der Waals surface area contributed by atoms with Crippen LogP contribution < -0.4 is 21.0 Å². The minimum absolute atomic E-state index is 0.330. The molecule has 8 heavy (non-hydrogen) atoms. The molecule has 1 spiro atoms. The maximum absolute atomic E-state index is 3.57. The Morgan fingerprint density at radius 1 is 1.62 bits per heavy atom. The number of nitrogens with one attached hydrogen (secondary N) is 1. The molecule has 2 saturated carbocycles. The molecule has 0 aromatic rings. The second kappa shape index (κ2) is 1.95. The van der Waals surface area contributed by atoms with E-state index in [4.69, 9.17) is 0 Å². The summed E-state index contributed by atoms with van der Waals surface area (Å²) < 4.78 is 3.57. The Morgan fingerprint density at radius 3 is 2.75 bits per heavy atom. The molecule has 0 amide bonds. The van der Waals surface area contributed by atoms with Gasteiger partial charge < -0.3 is 0 Å². The van der Waals surface area contributed by atoms with Crippen molar-refractivity contribution in [2.45, 2.75) is 25.3 Å². The molecular formula is C5H8I2N-. The molecule has 1 N–H and O–H groups in total. The van der Waals surface area contributed by atoms with Gasteiger partial charge in [0, 0.05) is 0 Å². The van der Waals surface area contributed by atoms with Crippen LogP contribution in [-0.4, -0.2) is 6.04 Å². The van der Waals surface area contributed by atoms with Gasteiger partial charge in [0.05, 0.1) is 0 Å². The minimum atomic E-state index is 0.330. The fourth-order valence-electron chi connectivity index (χ4n) is 1.26. The van der Waals surface area contributed by atoms with Crippen molar-refractivity contribution in [3.05, 3.63) is 0 Å². The van der Waals surface area contributed by atoms with Crippen molar-refractivity contribution in [1.82, 2.24) is 3.53 Å². The van der Waals surface area contributed by atoms with Gasteiger partial charge in [-0.2, -0.15) is 0 Å². The molecule has 0 aliphatic heterocycles. The predicted molar refractivity (Wildman–Crippen MR) is 37.2 cm³/mol. The predicted octanol–water partition coefficient (Wildman–Crippen LogP) is -1.52. The van der Waals surface area contributed by atoms with Gasteiger partial charge in [-0.3, -0.25) is 0 Å². The summed E-state index contributed by atoms with van der Waals surface area (Å²) in [6.45, 7) is 0. The van der Waals surface area contributed by atoms with E-state index >= 15 is 0 Å². The van der Waals surface area contributed by atoms with Crippen LogP contribution in [0.5, 0.6) is 0 Å². The number of hydrogen-bond donors (Lipinski definition) is 1. The molecule has 2 fully saturated rings. The Kier molecular flexibility index (Phi) is 1.50. The van der Waals surface area contributed by atoms with Crippen LogP contribution in [0, 0.1) is 5.41 Å². The van der Waals surface area contributed by atoms with E-state index in [0.717, 1.165) is 11.5 Å². The number of rotatable bonds is 2. The van der Waals surface area contributed by atoms with E-state index < -0.39 is 0 Å². The third-order valence-electron chi connectivity index (χ3n) is 2.25. The van der Waals surface area contributed by atoms with Gasteiger partial charge in [-0.1, -0.05) is 0 Å². The number of hydrogen-bond acceptors (Lipinski definition) is 1. The zero-order chi connectivity index (χ0) is 5.61. The second-order valence-electron chi connectivity index (χ2n) is 2.80. The summed E-state index contributed by atoms with van der Waals surface area (Å²) in [5, 5.41) is 0. The standard InChI is InChI=1S/C5H8I2N/c6-7-8-4-3-5(4)1-2-5/h4,8H,1-3H2/q-1. The van der Waals surface area contributed by atoms with Crippen LogP contribution in [0.25, 0.3) is 0 Å².